The van der Waals surface area contributed by atoms with Crippen LogP contribution in [0.4, 0.5) is 4.79 Å². The van der Waals surface area contributed by atoms with Crippen LogP contribution in [0.3, 0.4) is 0 Å². The minimum atomic E-state index is -0.612. The van der Waals surface area contributed by atoms with Crippen LogP contribution < -0.4 is 5.32 Å². The molecule has 0 spiro atoms. The second kappa shape index (κ2) is 5.01. The molecule has 1 N–H and O–H groups in total. The van der Waals surface area contributed by atoms with E-state index in [2.05, 4.69) is 22.7 Å². The van der Waals surface area contributed by atoms with Crippen LogP contribution in [0.1, 0.15) is 13.3 Å². The van der Waals surface area contributed by atoms with Gasteiger partial charge in [0.05, 0.1) is 7.11 Å². The van der Waals surface area contributed by atoms with Gasteiger partial charge in [0.25, 0.3) is 0 Å². The summed E-state index contributed by atoms with van der Waals surface area (Å²) in [6, 6.07) is -0.550. The summed E-state index contributed by atoms with van der Waals surface area (Å²) in [4.78, 5) is 21.2. The number of carbonyl (C=O) groups excluding carboxylic acids is 2. The average molecular weight is 177 g/mol. The van der Waals surface area contributed by atoms with Gasteiger partial charge < -0.3 is 10.1 Å². The van der Waals surface area contributed by atoms with E-state index in [1.54, 1.807) is 6.92 Å². The Morgan fingerprint density at radius 2 is 2.18 bits per heavy atom. The predicted octanol–water partition coefficient (Wildman–Crippen LogP) is 0.577. The van der Waals surface area contributed by atoms with Crippen LogP contribution in [-0.4, -0.2) is 24.4 Å². The quantitative estimate of drug-likeness (QED) is 0.620. The van der Waals surface area contributed by atoms with Crippen molar-refractivity contribution < 1.29 is 14.3 Å². The van der Waals surface area contributed by atoms with E-state index in [9.17, 15) is 9.59 Å². The molecule has 64 valence electrons. The standard InChI is InChI=1S/C6H11NO3S/c1-3-4(5(8)11)7-6(9)10-2/h4H,3H2,1-2H3,(H,7,9)(H,8,11)/t4-/m0/s1. The van der Waals surface area contributed by atoms with Gasteiger partial charge in [0, 0.05) is 0 Å². The first-order valence-electron chi connectivity index (χ1n) is 3.19. The van der Waals surface area contributed by atoms with Crippen molar-refractivity contribution in [2.45, 2.75) is 19.4 Å². The van der Waals surface area contributed by atoms with Crippen molar-refractivity contribution in [2.75, 3.05) is 7.11 Å². The number of hydrogen-bond acceptors (Lipinski definition) is 3. The molecule has 5 heteroatoms. The molecule has 0 aliphatic carbocycles. The lowest BCUT2D eigenvalue weighted by molar-refractivity contribution is -0.112. The van der Waals surface area contributed by atoms with Gasteiger partial charge >= 0.3 is 6.09 Å². The zero-order valence-electron chi connectivity index (χ0n) is 6.46. The number of ether oxygens (including phenoxy) is 1. The number of thiol groups is 1. The number of carbonyl (C=O) groups is 2. The lowest BCUT2D eigenvalue weighted by atomic mass is 10.2. The maximum atomic E-state index is 10.6. The Labute approximate surface area is 70.7 Å². The molecule has 0 fully saturated rings. The SMILES string of the molecule is CC[C@H](NC(=O)OC)C(=O)S. The number of rotatable bonds is 3. The third-order valence-corrected chi connectivity index (χ3v) is 1.50. The third-order valence-electron chi connectivity index (χ3n) is 1.18. The predicted molar refractivity (Wildman–Crippen MR) is 43.6 cm³/mol. The van der Waals surface area contributed by atoms with E-state index < -0.39 is 12.1 Å². The lowest BCUT2D eigenvalue weighted by Crippen LogP contribution is -2.38. The van der Waals surface area contributed by atoms with Crippen LogP contribution in [-0.2, 0) is 9.53 Å². The van der Waals surface area contributed by atoms with Gasteiger partial charge in [-0.05, 0) is 6.42 Å². The molecule has 0 aliphatic heterocycles. The summed E-state index contributed by atoms with van der Waals surface area (Å²) >= 11 is 3.58. The van der Waals surface area contributed by atoms with Crippen LogP contribution in [0.15, 0.2) is 0 Å². The van der Waals surface area contributed by atoms with Gasteiger partial charge in [-0.25, -0.2) is 4.79 Å². The molecule has 0 bridgehead atoms. The maximum Gasteiger partial charge on any atom is 0.407 e. The Hall–Kier alpha value is -0.710. The maximum absolute atomic E-state index is 10.6. The fourth-order valence-electron chi connectivity index (χ4n) is 0.540. The fourth-order valence-corrected chi connectivity index (χ4v) is 0.787. The van der Waals surface area contributed by atoms with Crippen LogP contribution in [0, 0.1) is 0 Å². The van der Waals surface area contributed by atoms with Crippen molar-refractivity contribution in [2.24, 2.45) is 0 Å². The van der Waals surface area contributed by atoms with E-state index in [-0.39, 0.29) is 5.12 Å². The minimum Gasteiger partial charge on any atom is -0.453 e. The molecule has 0 heterocycles. The summed E-state index contributed by atoms with van der Waals surface area (Å²) in [7, 11) is 1.24. The molecule has 1 amide bonds. The molecule has 1 atom stereocenters. The topological polar surface area (TPSA) is 55.4 Å². The lowest BCUT2D eigenvalue weighted by Gasteiger charge is -2.10. The van der Waals surface area contributed by atoms with E-state index in [1.165, 1.54) is 7.11 Å². The highest BCUT2D eigenvalue weighted by Gasteiger charge is 2.14. The molecule has 0 aromatic heterocycles. The summed E-state index contributed by atoms with van der Waals surface area (Å²) in [6.07, 6.45) is -0.100. The van der Waals surface area contributed by atoms with Gasteiger partial charge in [-0.2, -0.15) is 0 Å². The highest BCUT2D eigenvalue weighted by Crippen LogP contribution is 1.96. The van der Waals surface area contributed by atoms with E-state index in [0.29, 0.717) is 6.42 Å². The molecule has 0 aromatic carbocycles. The number of alkyl carbamates (subject to hydrolysis) is 1. The molecular weight excluding hydrogens is 166 g/mol. The van der Waals surface area contributed by atoms with Crippen LogP contribution in [0.25, 0.3) is 0 Å². The average Bonchev–Trinajstić information content (AvgIpc) is 1.99. The summed E-state index contributed by atoms with van der Waals surface area (Å²) in [5.74, 6) is 0. The number of methoxy groups -OCH3 is 1. The van der Waals surface area contributed by atoms with E-state index in [4.69, 9.17) is 0 Å². The third kappa shape index (κ3) is 3.87. The van der Waals surface area contributed by atoms with Gasteiger partial charge in [-0.3, -0.25) is 4.79 Å². The Morgan fingerprint density at radius 3 is 2.45 bits per heavy atom. The van der Waals surface area contributed by atoms with Gasteiger partial charge in [0.15, 0.2) is 0 Å². The Morgan fingerprint density at radius 1 is 1.64 bits per heavy atom. The van der Waals surface area contributed by atoms with E-state index >= 15 is 0 Å². The number of amides is 1. The fraction of sp³-hybridized carbons (Fsp3) is 0.667. The van der Waals surface area contributed by atoms with Crippen molar-refractivity contribution in [3.05, 3.63) is 0 Å². The van der Waals surface area contributed by atoms with Crippen molar-refractivity contribution >= 4 is 23.8 Å². The molecule has 11 heavy (non-hydrogen) atoms. The largest absolute Gasteiger partial charge is 0.453 e. The molecule has 4 nitrogen and oxygen atoms in total. The van der Waals surface area contributed by atoms with Gasteiger partial charge in [-0.1, -0.05) is 6.92 Å². The molecule has 0 saturated carbocycles. The van der Waals surface area contributed by atoms with Crippen molar-refractivity contribution in [1.82, 2.24) is 5.32 Å². The van der Waals surface area contributed by atoms with Crippen molar-refractivity contribution in [3.8, 4) is 0 Å². The van der Waals surface area contributed by atoms with Crippen molar-refractivity contribution in [1.29, 1.82) is 0 Å². The van der Waals surface area contributed by atoms with Crippen LogP contribution in [0.2, 0.25) is 0 Å². The van der Waals surface area contributed by atoms with Gasteiger partial charge in [0.1, 0.15) is 6.04 Å². The molecule has 0 aliphatic rings. The normalized spacial score (nSPS) is 11.9. The van der Waals surface area contributed by atoms with E-state index in [1.807, 2.05) is 0 Å². The zero-order chi connectivity index (χ0) is 8.85. The monoisotopic (exact) mass is 177 g/mol. The summed E-state index contributed by atoms with van der Waals surface area (Å²) in [5, 5.41) is 1.97. The molecular formula is C6H11NO3S. The molecule has 0 radical (unpaired) electrons. The molecule has 0 unspecified atom stereocenters. The second-order valence-corrected chi connectivity index (χ2v) is 2.38. The smallest absolute Gasteiger partial charge is 0.407 e. The molecule has 0 rings (SSSR count). The van der Waals surface area contributed by atoms with E-state index in [0.717, 1.165) is 0 Å². The van der Waals surface area contributed by atoms with Gasteiger partial charge in [0.2, 0.25) is 5.12 Å². The summed E-state index contributed by atoms with van der Waals surface area (Å²) < 4.78 is 4.30. The Bertz CT molecular complexity index is 160. The minimum absolute atomic E-state index is 0.363. The number of hydrogen-bond donors (Lipinski definition) is 2. The first-order valence-corrected chi connectivity index (χ1v) is 3.63. The number of nitrogens with one attached hydrogen (secondary N) is 1. The second-order valence-electron chi connectivity index (χ2n) is 1.93. The Balaban J connectivity index is 3.88. The van der Waals surface area contributed by atoms with Crippen LogP contribution in [0.5, 0.6) is 0 Å². The highest BCUT2D eigenvalue weighted by molar-refractivity contribution is 7.96. The highest BCUT2D eigenvalue weighted by atomic mass is 32.1. The zero-order valence-corrected chi connectivity index (χ0v) is 7.35. The summed E-state index contributed by atoms with van der Waals surface area (Å²) in [5.41, 5.74) is 0. The van der Waals surface area contributed by atoms with Gasteiger partial charge in [-0.15, -0.1) is 12.6 Å². The molecule has 0 aromatic rings. The first-order chi connectivity index (χ1) is 5.11. The van der Waals surface area contributed by atoms with Crippen molar-refractivity contribution in [3.63, 3.8) is 0 Å². The Kier molecular flexibility index (Phi) is 4.69. The molecule has 0 saturated heterocycles. The first kappa shape index (κ1) is 10.3. The summed E-state index contributed by atoms with van der Waals surface area (Å²) in [6.45, 7) is 1.77. The van der Waals surface area contributed by atoms with Crippen LogP contribution >= 0.6 is 12.6 Å².